The Bertz CT molecular complexity index is 562. The molecular formula is C19H25N. The lowest BCUT2D eigenvalue weighted by Crippen LogP contribution is -2.26. The van der Waals surface area contributed by atoms with Gasteiger partial charge in [0.1, 0.15) is 0 Å². The van der Waals surface area contributed by atoms with Gasteiger partial charge in [-0.15, -0.1) is 0 Å². The predicted octanol–water partition coefficient (Wildman–Crippen LogP) is 4.95. The van der Waals surface area contributed by atoms with Crippen molar-refractivity contribution in [3.8, 4) is 0 Å². The Kier molecular flexibility index (Phi) is 3.54. The zero-order valence-electron chi connectivity index (χ0n) is 13.1. The first-order chi connectivity index (χ1) is 9.54. The molecule has 0 saturated heterocycles. The quantitative estimate of drug-likeness (QED) is 0.719. The highest BCUT2D eigenvalue weighted by atomic mass is 14.8. The van der Waals surface area contributed by atoms with Crippen LogP contribution in [0.4, 0.5) is 0 Å². The molecule has 20 heavy (non-hydrogen) atoms. The van der Waals surface area contributed by atoms with E-state index >= 15 is 0 Å². The van der Waals surface area contributed by atoms with Gasteiger partial charge in [0.2, 0.25) is 0 Å². The minimum Gasteiger partial charge on any atom is -0.262 e. The molecule has 1 nitrogen and oxygen atoms in total. The average Bonchev–Trinajstić information content (AvgIpc) is 2.77. The van der Waals surface area contributed by atoms with E-state index in [2.05, 4.69) is 52.0 Å². The van der Waals surface area contributed by atoms with Gasteiger partial charge in [-0.25, -0.2) is 0 Å². The topological polar surface area (TPSA) is 12.4 Å². The van der Waals surface area contributed by atoms with Crippen LogP contribution in [0.2, 0.25) is 0 Å². The number of aryl methyl sites for hydroxylation is 1. The van der Waals surface area contributed by atoms with Crippen molar-refractivity contribution in [2.75, 3.05) is 0 Å². The highest BCUT2D eigenvalue weighted by Gasteiger charge is 2.34. The Balaban J connectivity index is 1.87. The largest absolute Gasteiger partial charge is 0.262 e. The smallest absolute Gasteiger partial charge is 0.0401 e. The molecule has 1 aromatic carbocycles. The monoisotopic (exact) mass is 267 g/mol. The lowest BCUT2D eigenvalue weighted by molar-refractivity contribution is 0.474. The third-order valence-electron chi connectivity index (χ3n) is 5.08. The van der Waals surface area contributed by atoms with Crippen LogP contribution in [0.1, 0.15) is 44.7 Å². The van der Waals surface area contributed by atoms with Gasteiger partial charge in [-0.05, 0) is 56.1 Å². The van der Waals surface area contributed by atoms with E-state index in [0.717, 1.165) is 5.92 Å². The summed E-state index contributed by atoms with van der Waals surface area (Å²) in [6.45, 7) is 9.07. The molecule has 2 unspecified atom stereocenters. The fourth-order valence-electron chi connectivity index (χ4n) is 3.70. The summed E-state index contributed by atoms with van der Waals surface area (Å²) in [6.07, 6.45) is 3.61. The van der Waals surface area contributed by atoms with Gasteiger partial charge in [0.15, 0.2) is 0 Å². The van der Waals surface area contributed by atoms with Gasteiger partial charge in [-0.1, -0.05) is 43.7 Å². The number of hydrogen-bond acceptors (Lipinski definition) is 1. The first-order valence-electron chi connectivity index (χ1n) is 7.87. The van der Waals surface area contributed by atoms with Crippen molar-refractivity contribution in [1.29, 1.82) is 0 Å². The molecule has 0 N–H and O–H groups in total. The molecule has 0 saturated carbocycles. The van der Waals surface area contributed by atoms with Gasteiger partial charge in [0.25, 0.3) is 0 Å². The lowest BCUT2D eigenvalue weighted by Gasteiger charge is -2.30. The van der Waals surface area contributed by atoms with Crippen LogP contribution in [-0.2, 0) is 6.42 Å². The van der Waals surface area contributed by atoms with Crippen LogP contribution in [0.5, 0.6) is 0 Å². The molecule has 0 bridgehead atoms. The van der Waals surface area contributed by atoms with Crippen molar-refractivity contribution >= 4 is 5.71 Å². The van der Waals surface area contributed by atoms with E-state index in [4.69, 9.17) is 4.99 Å². The van der Waals surface area contributed by atoms with Crippen LogP contribution in [0, 0.1) is 24.7 Å². The molecule has 0 aromatic heterocycles. The van der Waals surface area contributed by atoms with Crippen LogP contribution >= 0.6 is 0 Å². The minimum atomic E-state index is 0.584. The molecule has 106 valence electrons. The van der Waals surface area contributed by atoms with Crippen molar-refractivity contribution < 1.29 is 0 Å². The second kappa shape index (κ2) is 5.20. The van der Waals surface area contributed by atoms with Gasteiger partial charge in [0.05, 0.1) is 0 Å². The molecule has 0 fully saturated rings. The number of benzene rings is 1. The van der Waals surface area contributed by atoms with Crippen molar-refractivity contribution in [2.24, 2.45) is 22.7 Å². The Labute approximate surface area is 122 Å². The first kappa shape index (κ1) is 13.6. The second-order valence-corrected chi connectivity index (χ2v) is 6.82. The first-order valence-corrected chi connectivity index (χ1v) is 7.87. The third kappa shape index (κ3) is 2.46. The van der Waals surface area contributed by atoms with Gasteiger partial charge >= 0.3 is 0 Å². The molecule has 3 atom stereocenters. The molecule has 1 aromatic rings. The van der Waals surface area contributed by atoms with Crippen molar-refractivity contribution in [3.63, 3.8) is 0 Å². The summed E-state index contributed by atoms with van der Waals surface area (Å²) in [5, 5.41) is 0. The number of hydrogen-bond donors (Lipinski definition) is 0. The molecule has 1 heteroatoms. The Hall–Kier alpha value is -1.37. The number of allylic oxidation sites excluding steroid dienone is 2. The highest BCUT2D eigenvalue weighted by Crippen LogP contribution is 2.43. The van der Waals surface area contributed by atoms with E-state index in [-0.39, 0.29) is 0 Å². The van der Waals surface area contributed by atoms with Gasteiger partial charge in [-0.3, -0.25) is 4.99 Å². The Morgan fingerprint density at radius 1 is 1.05 bits per heavy atom. The summed E-state index contributed by atoms with van der Waals surface area (Å²) in [4.78, 5) is 4.88. The fourth-order valence-corrected chi connectivity index (χ4v) is 3.70. The van der Waals surface area contributed by atoms with E-state index in [1.807, 2.05) is 0 Å². The minimum absolute atomic E-state index is 0.584. The predicted molar refractivity (Wildman–Crippen MR) is 86.1 cm³/mol. The van der Waals surface area contributed by atoms with E-state index in [9.17, 15) is 0 Å². The molecule has 0 spiro atoms. The maximum atomic E-state index is 4.88. The van der Waals surface area contributed by atoms with Gasteiger partial charge < -0.3 is 0 Å². The molecule has 1 heterocycles. The summed E-state index contributed by atoms with van der Waals surface area (Å²) in [7, 11) is 0. The zero-order chi connectivity index (χ0) is 14.3. The maximum Gasteiger partial charge on any atom is 0.0401 e. The van der Waals surface area contributed by atoms with Crippen LogP contribution in [0.25, 0.3) is 0 Å². The summed E-state index contributed by atoms with van der Waals surface area (Å²) in [6, 6.07) is 9.05. The number of rotatable bonds is 2. The summed E-state index contributed by atoms with van der Waals surface area (Å²) >= 11 is 0. The van der Waals surface area contributed by atoms with Crippen LogP contribution in [0.3, 0.4) is 0 Å². The van der Waals surface area contributed by atoms with E-state index in [1.165, 1.54) is 41.8 Å². The van der Waals surface area contributed by atoms with Gasteiger partial charge in [0, 0.05) is 17.3 Å². The van der Waals surface area contributed by atoms with Crippen molar-refractivity contribution in [1.82, 2.24) is 0 Å². The molecule has 0 amide bonds. The molecule has 3 rings (SSSR count). The average molecular weight is 267 g/mol. The molecule has 1 aliphatic carbocycles. The Morgan fingerprint density at radius 3 is 2.45 bits per heavy atom. The van der Waals surface area contributed by atoms with E-state index in [0.29, 0.717) is 11.8 Å². The highest BCUT2D eigenvalue weighted by molar-refractivity contribution is 5.87. The normalized spacial score (nSPS) is 29.4. The summed E-state index contributed by atoms with van der Waals surface area (Å²) < 4.78 is 0. The van der Waals surface area contributed by atoms with E-state index < -0.39 is 0 Å². The molecule has 1 aliphatic heterocycles. The maximum absolute atomic E-state index is 4.88. The Morgan fingerprint density at radius 2 is 1.75 bits per heavy atom. The van der Waals surface area contributed by atoms with Crippen LogP contribution in [-0.4, -0.2) is 5.71 Å². The van der Waals surface area contributed by atoms with E-state index in [1.54, 1.807) is 5.57 Å². The molecule has 2 aliphatic rings. The lowest BCUT2D eigenvalue weighted by atomic mass is 9.77. The second-order valence-electron chi connectivity index (χ2n) is 6.82. The van der Waals surface area contributed by atoms with Crippen molar-refractivity contribution in [3.05, 3.63) is 46.7 Å². The van der Waals surface area contributed by atoms with Crippen molar-refractivity contribution in [2.45, 2.75) is 47.0 Å². The van der Waals surface area contributed by atoms with Crippen LogP contribution in [0.15, 0.2) is 40.5 Å². The SMILES string of the molecule is CC1=NC2=C(C[C@@H](C)C2)C(Cc2ccc(C)cc2)C1C. The zero-order valence-corrected chi connectivity index (χ0v) is 13.1. The molecular weight excluding hydrogens is 242 g/mol. The number of aliphatic imine (C=N–C) groups is 1. The summed E-state index contributed by atoms with van der Waals surface area (Å²) in [5.74, 6) is 2.03. The van der Waals surface area contributed by atoms with Crippen LogP contribution < -0.4 is 0 Å². The summed E-state index contributed by atoms with van der Waals surface area (Å²) in [5.41, 5.74) is 7.20. The fraction of sp³-hybridized carbons (Fsp3) is 0.526. The third-order valence-corrected chi connectivity index (χ3v) is 5.08. The number of nitrogens with zero attached hydrogens (tertiary/aromatic N) is 1. The van der Waals surface area contributed by atoms with Gasteiger partial charge in [-0.2, -0.15) is 0 Å². The molecule has 0 radical (unpaired) electrons. The standard InChI is InChI=1S/C19H25N/c1-12-5-7-16(8-6-12)11-17-14(3)15(4)20-19-10-13(2)9-18(17)19/h5-8,13-14,17H,9-11H2,1-4H3/t13-,14?,17?/m1/s1.